The van der Waals surface area contributed by atoms with Crippen molar-refractivity contribution >= 4 is 27.6 Å². The summed E-state index contributed by atoms with van der Waals surface area (Å²) >= 11 is 0. The molecule has 3 aromatic rings. The Kier molecular flexibility index (Phi) is 3.22. The number of aromatic nitrogens is 2. The summed E-state index contributed by atoms with van der Waals surface area (Å²) in [5, 5.41) is 2.14. The van der Waals surface area contributed by atoms with Crippen LogP contribution in [0.4, 0.5) is 0 Å². The molecule has 0 fully saturated rings. The summed E-state index contributed by atoms with van der Waals surface area (Å²) in [4.78, 5) is 21.8. The van der Waals surface area contributed by atoms with Crippen molar-refractivity contribution in [3.8, 4) is 0 Å². The molecular formula is C17H17N3O. The van der Waals surface area contributed by atoms with Gasteiger partial charge in [-0.3, -0.25) is 9.78 Å². The van der Waals surface area contributed by atoms with Crippen molar-refractivity contribution in [3.63, 3.8) is 0 Å². The predicted molar refractivity (Wildman–Crippen MR) is 85.4 cm³/mol. The molecule has 0 amide bonds. The largest absolute Gasteiger partial charge is 0.381 e. The minimum Gasteiger partial charge on any atom is -0.381 e. The van der Waals surface area contributed by atoms with E-state index in [9.17, 15) is 4.79 Å². The second kappa shape index (κ2) is 5.05. The number of nitrogens with one attached hydrogen (secondary N) is 1. The third kappa shape index (κ3) is 2.40. The van der Waals surface area contributed by atoms with Crippen LogP contribution < -0.4 is 0 Å². The average Bonchev–Trinajstić information content (AvgIpc) is 2.84. The van der Waals surface area contributed by atoms with Gasteiger partial charge in [-0.25, -0.2) is 0 Å². The minimum absolute atomic E-state index is 0.0756. The summed E-state index contributed by atoms with van der Waals surface area (Å²) in [5.41, 5.74) is 3.37. The number of ketones is 1. The van der Waals surface area contributed by atoms with Gasteiger partial charge in [0.1, 0.15) is 5.69 Å². The minimum atomic E-state index is -0.0756. The van der Waals surface area contributed by atoms with Gasteiger partial charge in [0, 0.05) is 42.2 Å². The molecule has 106 valence electrons. The van der Waals surface area contributed by atoms with Crippen molar-refractivity contribution in [3.05, 3.63) is 54.0 Å². The highest BCUT2D eigenvalue weighted by Crippen LogP contribution is 2.25. The summed E-state index contributed by atoms with van der Waals surface area (Å²) < 4.78 is 0. The highest BCUT2D eigenvalue weighted by Gasteiger charge is 2.10. The molecule has 0 saturated carbocycles. The summed E-state index contributed by atoms with van der Waals surface area (Å²) in [6.45, 7) is 1.90. The van der Waals surface area contributed by atoms with Gasteiger partial charge in [0.05, 0.1) is 11.7 Å². The zero-order chi connectivity index (χ0) is 15.0. The Bertz CT molecular complexity index is 859. The van der Waals surface area contributed by atoms with E-state index in [0.29, 0.717) is 5.69 Å². The van der Waals surface area contributed by atoms with Gasteiger partial charge >= 0.3 is 0 Å². The molecule has 4 heteroatoms. The second-order valence-electron chi connectivity index (χ2n) is 5.33. The molecule has 2 aromatic heterocycles. The summed E-state index contributed by atoms with van der Waals surface area (Å²) in [5.74, 6) is -0.0756. The second-order valence-corrected chi connectivity index (χ2v) is 5.33. The van der Waals surface area contributed by atoms with E-state index in [1.807, 2.05) is 56.3 Å². The first-order chi connectivity index (χ1) is 10.1. The number of hydrogen-bond donors (Lipinski definition) is 1. The lowest BCUT2D eigenvalue weighted by Gasteiger charge is -2.11. The monoisotopic (exact) mass is 279 g/mol. The number of aromatic amines is 1. The van der Waals surface area contributed by atoms with Crippen LogP contribution in [-0.2, 0) is 0 Å². The standard InChI is InChI=1S/C17H17N3O/c1-11(20(2)3)8-17(21)15-9-13-12-6-4-5-7-14(12)19-16(13)10-18-15/h4-10,19H,1-3H3/b11-8-. The van der Waals surface area contributed by atoms with E-state index in [4.69, 9.17) is 0 Å². The lowest BCUT2D eigenvalue weighted by molar-refractivity contribution is 0.104. The Morgan fingerprint density at radius 3 is 2.71 bits per heavy atom. The lowest BCUT2D eigenvalue weighted by Crippen LogP contribution is -2.10. The van der Waals surface area contributed by atoms with Crippen LogP contribution in [0.3, 0.4) is 0 Å². The van der Waals surface area contributed by atoms with E-state index in [1.54, 1.807) is 12.3 Å². The maximum Gasteiger partial charge on any atom is 0.205 e. The molecular weight excluding hydrogens is 262 g/mol. The highest BCUT2D eigenvalue weighted by atomic mass is 16.1. The quantitative estimate of drug-likeness (QED) is 0.590. The molecule has 0 radical (unpaired) electrons. The van der Waals surface area contributed by atoms with Crippen LogP contribution in [0.25, 0.3) is 21.8 Å². The normalized spacial score (nSPS) is 12.0. The molecule has 0 spiro atoms. The number of rotatable bonds is 3. The fourth-order valence-electron chi connectivity index (χ4n) is 2.28. The van der Waals surface area contributed by atoms with Gasteiger partial charge in [0.2, 0.25) is 5.78 Å². The Labute approximate surface area is 123 Å². The molecule has 0 aliphatic carbocycles. The van der Waals surface area contributed by atoms with Gasteiger partial charge < -0.3 is 9.88 Å². The maximum atomic E-state index is 12.3. The lowest BCUT2D eigenvalue weighted by atomic mass is 10.1. The number of H-pyrrole nitrogens is 1. The number of hydrogen-bond acceptors (Lipinski definition) is 3. The van der Waals surface area contributed by atoms with Crippen LogP contribution in [0.1, 0.15) is 17.4 Å². The van der Waals surface area contributed by atoms with Gasteiger partial charge in [0.25, 0.3) is 0 Å². The first kappa shape index (κ1) is 13.4. The molecule has 0 aliphatic heterocycles. The number of fused-ring (bicyclic) bond motifs is 3. The van der Waals surface area contributed by atoms with Crippen LogP contribution in [0.15, 0.2) is 48.3 Å². The van der Waals surface area contributed by atoms with E-state index < -0.39 is 0 Å². The van der Waals surface area contributed by atoms with Gasteiger partial charge in [-0.2, -0.15) is 0 Å². The summed E-state index contributed by atoms with van der Waals surface area (Å²) in [7, 11) is 3.82. The maximum absolute atomic E-state index is 12.3. The molecule has 3 rings (SSSR count). The average molecular weight is 279 g/mol. The van der Waals surface area contributed by atoms with E-state index in [2.05, 4.69) is 9.97 Å². The van der Waals surface area contributed by atoms with Gasteiger partial charge in [-0.1, -0.05) is 18.2 Å². The first-order valence-corrected chi connectivity index (χ1v) is 6.82. The van der Waals surface area contributed by atoms with Crippen molar-refractivity contribution in [1.29, 1.82) is 0 Å². The summed E-state index contributed by atoms with van der Waals surface area (Å²) in [6, 6.07) is 9.90. The topological polar surface area (TPSA) is 49.0 Å². The molecule has 21 heavy (non-hydrogen) atoms. The molecule has 0 saturated heterocycles. The molecule has 2 heterocycles. The Morgan fingerprint density at radius 1 is 1.19 bits per heavy atom. The molecule has 1 N–H and O–H groups in total. The molecule has 0 aliphatic rings. The number of pyridine rings is 1. The van der Waals surface area contributed by atoms with Crippen molar-refractivity contribution in [2.45, 2.75) is 6.92 Å². The van der Waals surface area contributed by atoms with Crippen molar-refractivity contribution in [2.75, 3.05) is 14.1 Å². The van der Waals surface area contributed by atoms with Gasteiger partial charge in [-0.15, -0.1) is 0 Å². The predicted octanol–water partition coefficient (Wildman–Crippen LogP) is 3.36. The molecule has 0 bridgehead atoms. The SMILES string of the molecule is C/C(=C/C(=O)c1cc2c(cn1)[nH]c1ccccc12)N(C)C. The van der Waals surface area contributed by atoms with E-state index in [-0.39, 0.29) is 5.78 Å². The fraction of sp³-hybridized carbons (Fsp3) is 0.176. The van der Waals surface area contributed by atoms with Crippen LogP contribution in [0.2, 0.25) is 0 Å². The third-order valence-electron chi connectivity index (χ3n) is 3.69. The number of carbonyl (C=O) groups is 1. The zero-order valence-corrected chi connectivity index (χ0v) is 12.3. The van der Waals surface area contributed by atoms with Crippen molar-refractivity contribution in [2.24, 2.45) is 0 Å². The Balaban J connectivity index is 2.10. The number of benzene rings is 1. The van der Waals surface area contributed by atoms with Gasteiger partial charge in [0.15, 0.2) is 0 Å². The molecule has 0 unspecified atom stereocenters. The smallest absolute Gasteiger partial charge is 0.205 e. The first-order valence-electron chi connectivity index (χ1n) is 6.82. The van der Waals surface area contributed by atoms with Crippen molar-refractivity contribution in [1.82, 2.24) is 14.9 Å². The molecule has 1 aromatic carbocycles. The zero-order valence-electron chi connectivity index (χ0n) is 12.3. The number of carbonyl (C=O) groups excluding carboxylic acids is 1. The fourth-order valence-corrected chi connectivity index (χ4v) is 2.28. The van der Waals surface area contributed by atoms with Crippen LogP contribution in [0.5, 0.6) is 0 Å². The van der Waals surface area contributed by atoms with Crippen molar-refractivity contribution < 1.29 is 4.79 Å². The highest BCUT2D eigenvalue weighted by molar-refractivity contribution is 6.11. The molecule has 0 atom stereocenters. The summed E-state index contributed by atoms with van der Waals surface area (Å²) in [6.07, 6.45) is 3.34. The number of para-hydroxylation sites is 1. The number of nitrogens with zero attached hydrogens (tertiary/aromatic N) is 2. The van der Waals surface area contributed by atoms with Crippen LogP contribution >= 0.6 is 0 Å². The Morgan fingerprint density at radius 2 is 1.95 bits per heavy atom. The van der Waals surface area contributed by atoms with E-state index >= 15 is 0 Å². The van der Waals surface area contributed by atoms with Gasteiger partial charge in [-0.05, 0) is 19.1 Å². The molecule has 4 nitrogen and oxygen atoms in total. The number of allylic oxidation sites excluding steroid dienone is 2. The van der Waals surface area contributed by atoms with Crippen LogP contribution in [0, 0.1) is 0 Å². The van der Waals surface area contributed by atoms with E-state index in [0.717, 1.165) is 27.5 Å². The van der Waals surface area contributed by atoms with E-state index in [1.165, 1.54) is 0 Å². The Hall–Kier alpha value is -2.62. The third-order valence-corrected chi connectivity index (χ3v) is 3.69. The van der Waals surface area contributed by atoms with Crippen LogP contribution in [-0.4, -0.2) is 34.7 Å².